The molecule has 0 radical (unpaired) electrons. The van der Waals surface area contributed by atoms with E-state index in [2.05, 4.69) is 89.7 Å². The van der Waals surface area contributed by atoms with E-state index in [0.717, 1.165) is 0 Å². The first-order valence-electron chi connectivity index (χ1n) is 13.2. The van der Waals surface area contributed by atoms with Crippen LogP contribution in [0.4, 0.5) is 107 Å². The van der Waals surface area contributed by atoms with Crippen molar-refractivity contribution in [3.05, 3.63) is 0 Å². The fourth-order valence-corrected chi connectivity index (χ4v) is 2.56. The second-order valence-electron chi connectivity index (χ2n) is 8.46. The number of nitrogens with two attached hydrogens (primary N) is 18. The first-order chi connectivity index (χ1) is 25.1. The average molecular weight is 757 g/mol. The minimum atomic E-state index is 0.0417. The highest BCUT2D eigenvalue weighted by Crippen LogP contribution is 2.01. The lowest BCUT2D eigenvalue weighted by Crippen LogP contribution is -2.05. The lowest BCUT2D eigenvalue weighted by Gasteiger charge is -1.93. The number of nitrogen functional groups attached to an aromatic ring is 18. The molecule has 36 nitrogen and oxygen atoms in total. The molecular weight excluding hydrogens is 720 g/mol. The maximum Gasteiger partial charge on any atom is 0.226 e. The Morgan fingerprint density at radius 3 is 0.185 bits per heavy atom. The topological polar surface area (TPSA) is 700 Å². The number of nitrogens with zero attached hydrogens (tertiary/aromatic N) is 18. The molecule has 0 aliphatic heterocycles. The normalized spacial score (nSPS) is 9.33. The molecule has 0 saturated carbocycles. The summed E-state index contributed by atoms with van der Waals surface area (Å²) in [7, 11) is 0. The Labute approximate surface area is 300 Å². The van der Waals surface area contributed by atoms with Gasteiger partial charge in [0.2, 0.25) is 107 Å². The number of hydrogen-bond donors (Lipinski definition) is 18. The van der Waals surface area contributed by atoms with E-state index in [4.69, 9.17) is 103 Å². The van der Waals surface area contributed by atoms with Crippen LogP contribution in [0.25, 0.3) is 0 Å². The smallest absolute Gasteiger partial charge is 0.226 e. The van der Waals surface area contributed by atoms with Crippen molar-refractivity contribution in [2.45, 2.75) is 0 Å². The van der Waals surface area contributed by atoms with Gasteiger partial charge in [-0.15, -0.1) is 0 Å². The molecule has 0 atom stereocenters. The van der Waals surface area contributed by atoms with E-state index in [1.807, 2.05) is 0 Å². The van der Waals surface area contributed by atoms with Gasteiger partial charge in [0.15, 0.2) is 0 Å². The van der Waals surface area contributed by atoms with E-state index in [-0.39, 0.29) is 107 Å². The van der Waals surface area contributed by atoms with Crippen LogP contribution in [0.1, 0.15) is 0 Å². The summed E-state index contributed by atoms with van der Waals surface area (Å²) in [6, 6.07) is 0. The molecular formula is C18H36N36. The predicted molar refractivity (Wildman–Crippen MR) is 198 cm³/mol. The highest BCUT2D eigenvalue weighted by molar-refractivity contribution is 5.37. The van der Waals surface area contributed by atoms with Gasteiger partial charge in [-0.3, -0.25) is 0 Å². The first kappa shape index (κ1) is 42.5. The number of rotatable bonds is 0. The average Bonchev–Trinajstić information content (AvgIpc) is 2.94. The number of aromatic nitrogens is 18. The standard InChI is InChI=1S/6C3H6N6/c6*4-1-7-2(5)9-3(6)8-1/h6*(H6,4,5,6,7,8,9). The molecule has 6 heterocycles. The third-order valence-electron chi connectivity index (χ3n) is 4.12. The van der Waals surface area contributed by atoms with Gasteiger partial charge in [-0.05, 0) is 0 Å². The molecule has 0 bridgehead atoms. The molecule has 0 aromatic carbocycles. The van der Waals surface area contributed by atoms with E-state index >= 15 is 0 Å². The maximum atomic E-state index is 5.14. The molecule has 288 valence electrons. The van der Waals surface area contributed by atoms with Gasteiger partial charge in [-0.1, -0.05) is 0 Å². The van der Waals surface area contributed by atoms with Gasteiger partial charge in [-0.2, -0.15) is 89.7 Å². The Morgan fingerprint density at radius 1 is 0.111 bits per heavy atom. The number of hydrogen-bond acceptors (Lipinski definition) is 36. The molecule has 6 rings (SSSR count). The summed E-state index contributed by atoms with van der Waals surface area (Å²) < 4.78 is 0. The van der Waals surface area contributed by atoms with Crippen LogP contribution < -0.4 is 103 Å². The van der Waals surface area contributed by atoms with Crippen LogP contribution in [0.3, 0.4) is 0 Å². The van der Waals surface area contributed by atoms with Crippen molar-refractivity contribution in [3.63, 3.8) is 0 Å². The summed E-state index contributed by atoms with van der Waals surface area (Å²) in [6.45, 7) is 0. The zero-order valence-electron chi connectivity index (χ0n) is 27.4. The second kappa shape index (κ2) is 20.1. The lowest BCUT2D eigenvalue weighted by atomic mass is 10.9. The zero-order valence-corrected chi connectivity index (χ0v) is 27.4. The Kier molecular flexibility index (Phi) is 15.8. The van der Waals surface area contributed by atoms with Crippen molar-refractivity contribution in [2.24, 2.45) is 0 Å². The highest BCUT2D eigenvalue weighted by Gasteiger charge is 1.97. The third kappa shape index (κ3) is 18.7. The van der Waals surface area contributed by atoms with E-state index in [1.54, 1.807) is 0 Å². The Balaban J connectivity index is 0.000000324. The monoisotopic (exact) mass is 756 g/mol. The van der Waals surface area contributed by atoms with Gasteiger partial charge in [0.05, 0.1) is 0 Å². The second-order valence-corrected chi connectivity index (χ2v) is 8.46. The summed E-state index contributed by atoms with van der Waals surface area (Å²) in [5.41, 5.74) is 92.5. The van der Waals surface area contributed by atoms with Gasteiger partial charge >= 0.3 is 0 Å². The predicted octanol–water partition coefficient (Wildman–Crippen LogP) is -8.29. The fourth-order valence-electron chi connectivity index (χ4n) is 2.56. The minimum absolute atomic E-state index is 0.0417. The minimum Gasteiger partial charge on any atom is -0.368 e. The molecule has 0 unspecified atom stereocenters. The van der Waals surface area contributed by atoms with Crippen molar-refractivity contribution in [1.29, 1.82) is 0 Å². The van der Waals surface area contributed by atoms with Crippen LogP contribution in [-0.4, -0.2) is 89.7 Å². The van der Waals surface area contributed by atoms with E-state index in [0.29, 0.717) is 0 Å². The summed E-state index contributed by atoms with van der Waals surface area (Å²) in [6.07, 6.45) is 0. The fraction of sp³-hybridized carbons (Fsp3) is 0. The van der Waals surface area contributed by atoms with Crippen molar-refractivity contribution in [1.82, 2.24) is 89.7 Å². The molecule has 6 aromatic rings. The maximum absolute atomic E-state index is 5.14. The van der Waals surface area contributed by atoms with E-state index in [1.165, 1.54) is 0 Å². The molecule has 0 aliphatic carbocycles. The SMILES string of the molecule is Nc1nc(N)nc(N)n1.Nc1nc(N)nc(N)n1.Nc1nc(N)nc(N)n1.Nc1nc(N)nc(N)n1.Nc1nc(N)nc(N)n1.Nc1nc(N)nc(N)n1. The molecule has 54 heavy (non-hydrogen) atoms. The largest absolute Gasteiger partial charge is 0.368 e. The lowest BCUT2D eigenvalue weighted by molar-refractivity contribution is 1.09. The molecule has 0 fully saturated rings. The van der Waals surface area contributed by atoms with Crippen LogP contribution >= 0.6 is 0 Å². The third-order valence-corrected chi connectivity index (χ3v) is 4.12. The van der Waals surface area contributed by atoms with Crippen LogP contribution in [0, 0.1) is 0 Å². The van der Waals surface area contributed by atoms with Gasteiger partial charge in [0.1, 0.15) is 0 Å². The van der Waals surface area contributed by atoms with Crippen LogP contribution in [-0.2, 0) is 0 Å². The Bertz CT molecular complexity index is 1400. The van der Waals surface area contributed by atoms with Gasteiger partial charge < -0.3 is 103 Å². The van der Waals surface area contributed by atoms with Crippen LogP contribution in [0.15, 0.2) is 0 Å². The molecule has 0 spiro atoms. The Morgan fingerprint density at radius 2 is 0.148 bits per heavy atom. The zero-order chi connectivity index (χ0) is 41.1. The van der Waals surface area contributed by atoms with Gasteiger partial charge in [-0.25, -0.2) is 0 Å². The van der Waals surface area contributed by atoms with Crippen LogP contribution in [0.5, 0.6) is 0 Å². The quantitative estimate of drug-likeness (QED) is 0.0684. The van der Waals surface area contributed by atoms with Crippen molar-refractivity contribution >= 4 is 107 Å². The van der Waals surface area contributed by atoms with E-state index < -0.39 is 0 Å². The molecule has 36 heteroatoms. The summed E-state index contributed by atoms with van der Waals surface area (Å²) in [4.78, 5) is 62.8. The van der Waals surface area contributed by atoms with Crippen LogP contribution in [0.2, 0.25) is 0 Å². The number of anilines is 18. The summed E-state index contributed by atoms with van der Waals surface area (Å²) in [5, 5.41) is 0. The van der Waals surface area contributed by atoms with Gasteiger partial charge in [0.25, 0.3) is 0 Å². The van der Waals surface area contributed by atoms with E-state index in [9.17, 15) is 0 Å². The van der Waals surface area contributed by atoms with Crippen molar-refractivity contribution < 1.29 is 0 Å². The molecule has 6 aromatic heterocycles. The summed E-state index contributed by atoms with van der Waals surface area (Å²) in [5.74, 6) is 0.750. The molecule has 0 aliphatic rings. The highest BCUT2D eigenvalue weighted by atomic mass is 15.2. The Hall–Kier alpha value is -9.54. The molecule has 0 amide bonds. The van der Waals surface area contributed by atoms with Crippen molar-refractivity contribution in [3.8, 4) is 0 Å². The first-order valence-corrected chi connectivity index (χ1v) is 13.2. The molecule has 36 N–H and O–H groups in total. The molecule has 0 saturated heterocycles. The van der Waals surface area contributed by atoms with Crippen molar-refractivity contribution in [2.75, 3.05) is 103 Å². The summed E-state index contributed by atoms with van der Waals surface area (Å²) >= 11 is 0. The van der Waals surface area contributed by atoms with Gasteiger partial charge in [0, 0.05) is 0 Å².